The molecule has 0 unspecified atom stereocenters. The van der Waals surface area contributed by atoms with Crippen LogP contribution in [-0.4, -0.2) is 4.98 Å². The molecular formula is C13H8BrF2N3. The molecule has 3 nitrogen and oxygen atoms in total. The Bertz CT molecular complexity index is 653. The summed E-state index contributed by atoms with van der Waals surface area (Å²) in [5, 5.41) is 11.3. The Morgan fingerprint density at radius 3 is 2.68 bits per heavy atom. The molecule has 1 aromatic carbocycles. The third kappa shape index (κ3) is 3.26. The Labute approximate surface area is 117 Å². The summed E-state index contributed by atoms with van der Waals surface area (Å²) in [5.74, 6) is -0.987. The number of nitrogens with one attached hydrogen (secondary N) is 1. The molecule has 1 aromatic heterocycles. The van der Waals surface area contributed by atoms with E-state index in [1.54, 1.807) is 0 Å². The van der Waals surface area contributed by atoms with Gasteiger partial charge in [-0.15, -0.1) is 0 Å². The summed E-state index contributed by atoms with van der Waals surface area (Å²) in [7, 11) is 0. The normalized spacial score (nSPS) is 10.0. The van der Waals surface area contributed by atoms with Crippen molar-refractivity contribution in [3.05, 3.63) is 57.7 Å². The summed E-state index contributed by atoms with van der Waals surface area (Å²) in [5.41, 5.74) is 0.581. The second-order valence-corrected chi connectivity index (χ2v) is 4.67. The van der Waals surface area contributed by atoms with Gasteiger partial charge in [-0.2, -0.15) is 5.26 Å². The van der Waals surface area contributed by atoms with Crippen molar-refractivity contribution in [2.75, 3.05) is 5.32 Å². The third-order valence-electron chi connectivity index (χ3n) is 2.44. The van der Waals surface area contributed by atoms with Gasteiger partial charge in [-0.3, -0.25) is 0 Å². The minimum Gasteiger partial charge on any atom is -0.363 e. The van der Waals surface area contributed by atoms with Crippen LogP contribution in [0.3, 0.4) is 0 Å². The average Bonchev–Trinajstić information content (AvgIpc) is 2.39. The zero-order valence-electron chi connectivity index (χ0n) is 9.62. The first-order chi connectivity index (χ1) is 9.10. The van der Waals surface area contributed by atoms with Crippen molar-refractivity contribution in [3.63, 3.8) is 0 Å². The van der Waals surface area contributed by atoms with Crippen LogP contribution >= 0.6 is 15.9 Å². The molecule has 0 saturated carbocycles. The molecule has 0 amide bonds. The third-order valence-corrected chi connectivity index (χ3v) is 2.87. The highest BCUT2D eigenvalue weighted by Gasteiger charge is 2.07. The summed E-state index contributed by atoms with van der Waals surface area (Å²) in [6, 6.07) is 7.24. The Morgan fingerprint density at radius 1 is 1.26 bits per heavy atom. The number of pyridine rings is 1. The number of anilines is 1. The minimum atomic E-state index is -0.525. The van der Waals surface area contributed by atoms with E-state index in [1.807, 2.05) is 6.07 Å². The van der Waals surface area contributed by atoms with Gasteiger partial charge in [0.2, 0.25) is 0 Å². The fourth-order valence-electron chi connectivity index (χ4n) is 1.48. The van der Waals surface area contributed by atoms with Gasteiger partial charge in [0.25, 0.3) is 0 Å². The van der Waals surface area contributed by atoms with E-state index < -0.39 is 11.6 Å². The smallest absolute Gasteiger partial charge is 0.166 e. The number of hydrogen-bond donors (Lipinski definition) is 1. The highest BCUT2D eigenvalue weighted by atomic mass is 79.9. The van der Waals surface area contributed by atoms with E-state index in [0.717, 1.165) is 6.07 Å². The van der Waals surface area contributed by atoms with Gasteiger partial charge < -0.3 is 5.32 Å². The number of nitrogens with zero attached hydrogens (tertiary/aromatic N) is 2. The van der Waals surface area contributed by atoms with E-state index in [0.29, 0.717) is 10.0 Å². The summed E-state index contributed by atoms with van der Waals surface area (Å²) >= 11 is 3.10. The van der Waals surface area contributed by atoms with E-state index in [4.69, 9.17) is 5.26 Å². The van der Waals surface area contributed by atoms with Crippen molar-refractivity contribution in [3.8, 4) is 6.07 Å². The number of halogens is 3. The van der Waals surface area contributed by atoms with E-state index in [9.17, 15) is 8.78 Å². The fraction of sp³-hybridized carbons (Fsp3) is 0.0769. The minimum absolute atomic E-state index is 0.0481. The van der Waals surface area contributed by atoms with E-state index in [1.165, 1.54) is 24.4 Å². The Balaban J connectivity index is 2.13. The first-order valence-corrected chi connectivity index (χ1v) is 6.13. The molecule has 6 heteroatoms. The predicted molar refractivity (Wildman–Crippen MR) is 70.3 cm³/mol. The molecule has 2 aromatic rings. The lowest BCUT2D eigenvalue weighted by molar-refractivity contribution is 0.608. The molecule has 0 bridgehead atoms. The summed E-state index contributed by atoms with van der Waals surface area (Å²) < 4.78 is 27.6. The van der Waals surface area contributed by atoms with Gasteiger partial charge in [0.1, 0.15) is 5.82 Å². The SMILES string of the molecule is N#Cc1ccc(CNc2ncc(Br)cc2F)c(F)c1. The molecule has 0 spiro atoms. The second-order valence-electron chi connectivity index (χ2n) is 3.76. The van der Waals surface area contributed by atoms with Crippen LogP contribution in [0, 0.1) is 23.0 Å². The lowest BCUT2D eigenvalue weighted by Gasteiger charge is -2.08. The second kappa shape index (κ2) is 5.76. The first-order valence-electron chi connectivity index (χ1n) is 5.33. The lowest BCUT2D eigenvalue weighted by Crippen LogP contribution is -2.05. The highest BCUT2D eigenvalue weighted by molar-refractivity contribution is 9.10. The number of rotatable bonds is 3. The monoisotopic (exact) mass is 323 g/mol. The highest BCUT2D eigenvalue weighted by Crippen LogP contribution is 2.17. The van der Waals surface area contributed by atoms with Crippen LogP contribution in [0.15, 0.2) is 34.9 Å². The Morgan fingerprint density at radius 2 is 2.05 bits per heavy atom. The number of benzene rings is 1. The van der Waals surface area contributed by atoms with Crippen LogP contribution in [0.4, 0.5) is 14.6 Å². The number of nitriles is 1. The molecule has 1 heterocycles. The van der Waals surface area contributed by atoms with Gasteiger partial charge in [0.05, 0.1) is 11.6 Å². The van der Waals surface area contributed by atoms with Crippen LogP contribution < -0.4 is 5.32 Å². The zero-order valence-corrected chi connectivity index (χ0v) is 11.2. The maximum atomic E-state index is 13.6. The van der Waals surface area contributed by atoms with Crippen molar-refractivity contribution >= 4 is 21.7 Å². The molecule has 96 valence electrons. The van der Waals surface area contributed by atoms with Crippen molar-refractivity contribution in [2.45, 2.75) is 6.54 Å². The fourth-order valence-corrected chi connectivity index (χ4v) is 1.79. The zero-order chi connectivity index (χ0) is 13.8. The van der Waals surface area contributed by atoms with E-state index >= 15 is 0 Å². The maximum absolute atomic E-state index is 13.6. The molecule has 0 aliphatic heterocycles. The molecule has 0 aliphatic rings. The summed E-state index contributed by atoms with van der Waals surface area (Å²) in [6.07, 6.45) is 1.44. The standard InChI is InChI=1S/C13H8BrF2N3/c14-10-4-12(16)13(19-7-10)18-6-9-2-1-8(5-17)3-11(9)15/h1-4,7H,6H2,(H,18,19). The van der Waals surface area contributed by atoms with Crippen molar-refractivity contribution in [2.24, 2.45) is 0 Å². The Hall–Kier alpha value is -2.00. The summed E-state index contributed by atoms with van der Waals surface area (Å²) in [4.78, 5) is 3.85. The van der Waals surface area contributed by atoms with Crippen LogP contribution in [0.5, 0.6) is 0 Å². The van der Waals surface area contributed by atoms with Crippen LogP contribution in [-0.2, 0) is 6.54 Å². The van der Waals surface area contributed by atoms with Gasteiger partial charge in [-0.1, -0.05) is 6.07 Å². The quantitative estimate of drug-likeness (QED) is 0.938. The van der Waals surface area contributed by atoms with Gasteiger partial charge in [0, 0.05) is 22.8 Å². The molecule has 19 heavy (non-hydrogen) atoms. The molecule has 2 rings (SSSR count). The van der Waals surface area contributed by atoms with Crippen molar-refractivity contribution in [1.82, 2.24) is 4.98 Å². The topological polar surface area (TPSA) is 48.7 Å². The number of aromatic nitrogens is 1. The van der Waals surface area contributed by atoms with Gasteiger partial charge in [-0.05, 0) is 34.1 Å². The molecule has 0 fully saturated rings. The van der Waals surface area contributed by atoms with Crippen molar-refractivity contribution < 1.29 is 8.78 Å². The molecule has 0 aliphatic carbocycles. The molecular weight excluding hydrogens is 316 g/mol. The predicted octanol–water partition coefficient (Wildman–Crippen LogP) is 3.61. The van der Waals surface area contributed by atoms with Gasteiger partial charge in [0.15, 0.2) is 11.6 Å². The number of hydrogen-bond acceptors (Lipinski definition) is 3. The maximum Gasteiger partial charge on any atom is 0.166 e. The first kappa shape index (κ1) is 13.4. The van der Waals surface area contributed by atoms with E-state index in [-0.39, 0.29) is 17.9 Å². The molecule has 0 atom stereocenters. The molecule has 0 radical (unpaired) electrons. The molecule has 1 N–H and O–H groups in total. The summed E-state index contributed by atoms with van der Waals surface area (Å²) in [6.45, 7) is 0.0864. The lowest BCUT2D eigenvalue weighted by atomic mass is 10.1. The largest absolute Gasteiger partial charge is 0.363 e. The van der Waals surface area contributed by atoms with Crippen LogP contribution in [0.25, 0.3) is 0 Å². The van der Waals surface area contributed by atoms with Crippen molar-refractivity contribution in [1.29, 1.82) is 5.26 Å². The molecule has 0 saturated heterocycles. The van der Waals surface area contributed by atoms with Gasteiger partial charge >= 0.3 is 0 Å². The Kier molecular flexibility index (Phi) is 4.07. The average molecular weight is 324 g/mol. The van der Waals surface area contributed by atoms with Gasteiger partial charge in [-0.25, -0.2) is 13.8 Å². The van der Waals surface area contributed by atoms with E-state index in [2.05, 4.69) is 26.2 Å². The van der Waals surface area contributed by atoms with Crippen LogP contribution in [0.1, 0.15) is 11.1 Å². The van der Waals surface area contributed by atoms with Crippen LogP contribution in [0.2, 0.25) is 0 Å².